The number of benzene rings is 1. The predicted octanol–water partition coefficient (Wildman–Crippen LogP) is 2.86. The number of nitro groups is 2. The number of nitro benzene ring substituents is 1. The van der Waals surface area contributed by atoms with Crippen LogP contribution in [0.15, 0.2) is 39.9 Å². The summed E-state index contributed by atoms with van der Waals surface area (Å²) < 4.78 is 5.62. The van der Waals surface area contributed by atoms with E-state index in [1.54, 1.807) is 6.07 Å². The monoisotopic (exact) mass is 428 g/mol. The molecule has 0 bridgehead atoms. The molecule has 0 aliphatic carbocycles. The topological polar surface area (TPSA) is 137 Å². The second-order valence-electron chi connectivity index (χ2n) is 4.38. The molecule has 1 heterocycles. The predicted molar refractivity (Wildman–Crippen MR) is 93.0 cm³/mol. The van der Waals surface area contributed by atoms with E-state index < -0.39 is 22.4 Å². The van der Waals surface area contributed by atoms with Crippen molar-refractivity contribution >= 4 is 50.1 Å². The third kappa shape index (κ3) is 5.32. The second-order valence-corrected chi connectivity index (χ2v) is 6.39. The molecule has 0 aliphatic heterocycles. The zero-order chi connectivity index (χ0) is 18.4. The molecule has 0 atom stereocenters. The van der Waals surface area contributed by atoms with E-state index in [1.165, 1.54) is 30.5 Å². The van der Waals surface area contributed by atoms with Crippen LogP contribution in [-0.2, 0) is 4.79 Å². The van der Waals surface area contributed by atoms with E-state index in [4.69, 9.17) is 4.74 Å². The number of hydrogen-bond acceptors (Lipinski definition) is 8. The molecule has 0 aliphatic rings. The molecule has 2 rings (SSSR count). The summed E-state index contributed by atoms with van der Waals surface area (Å²) in [5.74, 6) is -0.694. The number of carbonyl (C=O) groups excluding carboxylic acids is 1. The maximum absolute atomic E-state index is 11.6. The van der Waals surface area contributed by atoms with Crippen LogP contribution in [0.1, 0.15) is 4.88 Å². The molecule has 1 aromatic carbocycles. The number of thiophene rings is 1. The molecule has 0 radical (unpaired) electrons. The van der Waals surface area contributed by atoms with Gasteiger partial charge in [-0.3, -0.25) is 25.0 Å². The molecule has 1 aromatic heterocycles. The fourth-order valence-electron chi connectivity index (χ4n) is 1.61. The van der Waals surface area contributed by atoms with Gasteiger partial charge in [0.15, 0.2) is 12.4 Å². The van der Waals surface area contributed by atoms with Crippen LogP contribution in [0.3, 0.4) is 0 Å². The number of nitrogens with zero attached hydrogens (tertiary/aromatic N) is 3. The number of hydrogen-bond donors (Lipinski definition) is 1. The van der Waals surface area contributed by atoms with Gasteiger partial charge in [-0.1, -0.05) is 27.3 Å². The summed E-state index contributed by atoms with van der Waals surface area (Å²) in [5.41, 5.74) is 1.88. The normalized spacial score (nSPS) is 10.6. The number of nitrogens with one attached hydrogen (secondary N) is 1. The first-order chi connectivity index (χ1) is 11.9. The van der Waals surface area contributed by atoms with Gasteiger partial charge in [0.2, 0.25) is 0 Å². The van der Waals surface area contributed by atoms with Crippen molar-refractivity contribution in [2.75, 3.05) is 6.61 Å². The molecular weight excluding hydrogens is 420 g/mol. The van der Waals surface area contributed by atoms with Gasteiger partial charge in [0.05, 0.1) is 20.9 Å². The number of ether oxygens (including phenoxy) is 1. The van der Waals surface area contributed by atoms with Gasteiger partial charge >= 0.3 is 10.7 Å². The first-order valence-electron chi connectivity index (χ1n) is 6.49. The van der Waals surface area contributed by atoms with E-state index in [0.717, 1.165) is 11.3 Å². The average Bonchev–Trinajstić information content (AvgIpc) is 3.02. The first-order valence-corrected chi connectivity index (χ1v) is 8.10. The zero-order valence-corrected chi connectivity index (χ0v) is 14.7. The number of hydrazone groups is 1. The van der Waals surface area contributed by atoms with Gasteiger partial charge in [-0.05, 0) is 18.2 Å². The van der Waals surface area contributed by atoms with Crippen LogP contribution >= 0.6 is 27.3 Å². The van der Waals surface area contributed by atoms with E-state index in [0.29, 0.717) is 9.35 Å². The largest absolute Gasteiger partial charge is 0.477 e. The quantitative estimate of drug-likeness (QED) is 0.408. The summed E-state index contributed by atoms with van der Waals surface area (Å²) in [7, 11) is 0. The Morgan fingerprint density at radius 2 is 2.04 bits per heavy atom. The molecular formula is C13H9BrN4O6S. The minimum atomic E-state index is -0.639. The molecule has 25 heavy (non-hydrogen) atoms. The lowest BCUT2D eigenvalue weighted by molar-refractivity contribution is -0.385. The van der Waals surface area contributed by atoms with E-state index in [-0.39, 0.29) is 16.4 Å². The average molecular weight is 429 g/mol. The lowest BCUT2D eigenvalue weighted by Crippen LogP contribution is -2.24. The summed E-state index contributed by atoms with van der Waals surface area (Å²) in [6, 6.07) is 6.98. The summed E-state index contributed by atoms with van der Waals surface area (Å²) in [4.78, 5) is 32.4. The van der Waals surface area contributed by atoms with Crippen molar-refractivity contribution in [3.8, 4) is 5.75 Å². The van der Waals surface area contributed by atoms with Gasteiger partial charge in [-0.25, -0.2) is 5.43 Å². The molecule has 0 saturated heterocycles. The molecule has 1 amide bonds. The highest BCUT2D eigenvalue weighted by atomic mass is 79.9. The smallest absolute Gasteiger partial charge is 0.324 e. The highest BCUT2D eigenvalue weighted by Crippen LogP contribution is 2.29. The Balaban J connectivity index is 1.89. The maximum Gasteiger partial charge on any atom is 0.324 e. The Morgan fingerprint density at radius 3 is 2.68 bits per heavy atom. The number of halogens is 1. The van der Waals surface area contributed by atoms with Gasteiger partial charge in [0.1, 0.15) is 0 Å². The van der Waals surface area contributed by atoms with Gasteiger partial charge in [0.25, 0.3) is 5.91 Å². The standard InChI is InChI=1S/C13H9BrN4O6S/c14-8-1-3-11(10(5-8)17(20)21)24-7-12(19)16-15-6-9-2-4-13(25-9)18(22)23/h1-6H,7H2,(H,16,19). The van der Waals surface area contributed by atoms with E-state index in [2.05, 4.69) is 26.5 Å². The number of carbonyl (C=O) groups is 1. The molecule has 1 N–H and O–H groups in total. The summed E-state index contributed by atoms with van der Waals surface area (Å²) >= 11 is 4.01. The molecule has 0 unspecified atom stereocenters. The molecule has 130 valence electrons. The van der Waals surface area contributed by atoms with Crippen molar-refractivity contribution in [3.05, 3.63) is 59.9 Å². The highest BCUT2D eigenvalue weighted by molar-refractivity contribution is 9.10. The van der Waals surface area contributed by atoms with Crippen LogP contribution in [0.4, 0.5) is 10.7 Å². The molecule has 0 fully saturated rings. The van der Waals surface area contributed by atoms with E-state index in [9.17, 15) is 25.0 Å². The van der Waals surface area contributed by atoms with Crippen LogP contribution in [0.2, 0.25) is 0 Å². The fraction of sp³-hybridized carbons (Fsp3) is 0.0769. The van der Waals surface area contributed by atoms with Crippen molar-refractivity contribution < 1.29 is 19.4 Å². The Kier molecular flexibility index (Phi) is 6.14. The van der Waals surface area contributed by atoms with Gasteiger partial charge in [-0.15, -0.1) is 0 Å². The third-order valence-electron chi connectivity index (χ3n) is 2.65. The molecule has 0 spiro atoms. The number of rotatable bonds is 7. The van der Waals surface area contributed by atoms with Crippen molar-refractivity contribution in [2.45, 2.75) is 0 Å². The summed E-state index contributed by atoms with van der Waals surface area (Å²) in [6.45, 7) is -0.482. The summed E-state index contributed by atoms with van der Waals surface area (Å²) in [6.07, 6.45) is 1.25. The highest BCUT2D eigenvalue weighted by Gasteiger charge is 2.16. The van der Waals surface area contributed by atoms with Gasteiger partial charge < -0.3 is 4.74 Å². The Labute approximate surface area is 152 Å². The van der Waals surface area contributed by atoms with Crippen LogP contribution in [0, 0.1) is 20.2 Å². The second kappa shape index (κ2) is 8.30. The van der Waals surface area contributed by atoms with Crippen LogP contribution in [0.5, 0.6) is 5.75 Å². The Morgan fingerprint density at radius 1 is 1.28 bits per heavy atom. The van der Waals surface area contributed by atoms with Crippen LogP contribution < -0.4 is 10.2 Å². The van der Waals surface area contributed by atoms with Crippen molar-refractivity contribution in [3.63, 3.8) is 0 Å². The fourth-order valence-corrected chi connectivity index (χ4v) is 2.65. The SMILES string of the molecule is O=C(COc1ccc(Br)cc1[N+](=O)[O-])NN=Cc1ccc([N+](=O)[O-])s1. The molecule has 12 heteroatoms. The number of amides is 1. The zero-order valence-electron chi connectivity index (χ0n) is 12.2. The lowest BCUT2D eigenvalue weighted by Gasteiger charge is -2.05. The Hall–Kier alpha value is -2.86. The van der Waals surface area contributed by atoms with Crippen molar-refractivity contribution in [1.29, 1.82) is 0 Å². The molecule has 0 saturated carbocycles. The lowest BCUT2D eigenvalue weighted by atomic mass is 10.3. The minimum absolute atomic E-state index is 0.0429. The van der Waals surface area contributed by atoms with Crippen LogP contribution in [-0.4, -0.2) is 28.6 Å². The minimum Gasteiger partial charge on any atom is -0.477 e. The van der Waals surface area contributed by atoms with Crippen LogP contribution in [0.25, 0.3) is 0 Å². The van der Waals surface area contributed by atoms with E-state index in [1.807, 2.05) is 0 Å². The summed E-state index contributed by atoms with van der Waals surface area (Å²) in [5, 5.41) is 25.1. The first kappa shape index (κ1) is 18.5. The molecule has 10 nitrogen and oxygen atoms in total. The van der Waals surface area contributed by atoms with Crippen molar-refractivity contribution in [2.24, 2.45) is 5.10 Å². The van der Waals surface area contributed by atoms with Gasteiger partial charge in [-0.2, -0.15) is 5.10 Å². The van der Waals surface area contributed by atoms with E-state index >= 15 is 0 Å². The van der Waals surface area contributed by atoms with Crippen molar-refractivity contribution in [1.82, 2.24) is 5.43 Å². The Bertz CT molecular complexity index is 853. The molecule has 2 aromatic rings. The maximum atomic E-state index is 11.6. The van der Waals surface area contributed by atoms with Gasteiger partial charge in [0, 0.05) is 16.6 Å². The third-order valence-corrected chi connectivity index (χ3v) is 4.11.